The van der Waals surface area contributed by atoms with E-state index in [0.717, 1.165) is 19.3 Å². The smallest absolute Gasteiger partial charge is 0.268 e. The molecule has 2 aromatic carbocycles. The Balaban J connectivity index is 1.15. The summed E-state index contributed by atoms with van der Waals surface area (Å²) in [4.78, 5) is 40.5. The van der Waals surface area contributed by atoms with Crippen LogP contribution in [0.3, 0.4) is 0 Å². The lowest BCUT2D eigenvalue weighted by atomic mass is 9.38. The molecule has 0 atom stereocenters. The van der Waals surface area contributed by atoms with Gasteiger partial charge in [-0.05, 0) is 55.0 Å². The van der Waals surface area contributed by atoms with E-state index in [0.29, 0.717) is 38.1 Å². The number of fused-ring (bicyclic) bond motifs is 1. The number of aromatic nitrogens is 1. The van der Waals surface area contributed by atoms with Gasteiger partial charge in [0.25, 0.3) is 5.91 Å². The number of H-pyrrole nitrogens is 1. The van der Waals surface area contributed by atoms with Gasteiger partial charge in [-0.2, -0.15) is 0 Å². The minimum absolute atomic E-state index is 0.00165. The highest BCUT2D eigenvalue weighted by atomic mass is 35.5. The van der Waals surface area contributed by atoms with Gasteiger partial charge < -0.3 is 15.0 Å². The maximum Gasteiger partial charge on any atom is 0.268 e. The molecule has 1 heterocycles. The standard InChI is InChI=1S/C24H19Cl3N2O4/c25-13-1-4-19-16(5-13)21(31)7-20(28-19)22(32)29-24-10-23(11-24,12-24)8-14(30)9-33-15-2-3-17(26)18(27)6-15/h1-7H,8-12H2,(H,28,31)(H,29,32). The van der Waals surface area contributed by atoms with Crippen molar-refractivity contribution in [3.05, 3.63) is 73.4 Å². The average molecular weight is 506 g/mol. The zero-order chi connectivity index (χ0) is 23.4. The lowest BCUT2D eigenvalue weighted by molar-refractivity contribution is -0.162. The zero-order valence-electron chi connectivity index (χ0n) is 17.3. The number of ether oxygens (including phenoxy) is 1. The predicted molar refractivity (Wildman–Crippen MR) is 128 cm³/mol. The van der Waals surface area contributed by atoms with Crippen LogP contribution in [0, 0.1) is 5.41 Å². The van der Waals surface area contributed by atoms with Gasteiger partial charge in [-0.3, -0.25) is 14.4 Å². The molecule has 2 N–H and O–H groups in total. The van der Waals surface area contributed by atoms with Crippen LogP contribution in [0.1, 0.15) is 36.2 Å². The van der Waals surface area contributed by atoms with E-state index in [1.165, 1.54) is 6.07 Å². The molecule has 0 spiro atoms. The molecule has 6 nitrogen and oxygen atoms in total. The highest BCUT2D eigenvalue weighted by Crippen LogP contribution is 2.69. The Bertz CT molecular complexity index is 1350. The Morgan fingerprint density at radius 1 is 1.00 bits per heavy atom. The summed E-state index contributed by atoms with van der Waals surface area (Å²) in [5, 5.41) is 4.73. The first kappa shape index (κ1) is 22.3. The molecule has 3 aliphatic carbocycles. The highest BCUT2D eigenvalue weighted by Gasteiger charge is 2.68. The quantitative estimate of drug-likeness (QED) is 0.463. The highest BCUT2D eigenvalue weighted by molar-refractivity contribution is 6.42. The maximum absolute atomic E-state index is 12.8. The number of carbonyl (C=O) groups is 2. The number of Topliss-reactive ketones (excluding diaryl/α,β-unsaturated/α-hetero) is 1. The van der Waals surface area contributed by atoms with Gasteiger partial charge in [-0.1, -0.05) is 34.8 Å². The number of nitrogens with one attached hydrogen (secondary N) is 2. The van der Waals surface area contributed by atoms with Crippen LogP contribution in [0.15, 0.2) is 47.3 Å². The van der Waals surface area contributed by atoms with Gasteiger partial charge in [-0.15, -0.1) is 0 Å². The molecule has 1 aromatic heterocycles. The monoisotopic (exact) mass is 504 g/mol. The van der Waals surface area contributed by atoms with Crippen molar-refractivity contribution in [2.75, 3.05) is 6.61 Å². The number of carbonyl (C=O) groups excluding carboxylic acids is 2. The van der Waals surface area contributed by atoms with Crippen molar-refractivity contribution in [2.45, 2.75) is 31.2 Å². The number of amides is 1. The second-order valence-electron chi connectivity index (χ2n) is 9.08. The van der Waals surface area contributed by atoms with Crippen molar-refractivity contribution < 1.29 is 14.3 Å². The molecule has 9 heteroatoms. The molecule has 3 saturated carbocycles. The second-order valence-corrected chi connectivity index (χ2v) is 10.3. The lowest BCUT2D eigenvalue weighted by Crippen LogP contribution is -2.75. The maximum atomic E-state index is 12.8. The number of ketones is 1. The van der Waals surface area contributed by atoms with Gasteiger partial charge in [0.2, 0.25) is 0 Å². The molecule has 170 valence electrons. The molecular formula is C24H19Cl3N2O4. The van der Waals surface area contributed by atoms with E-state index in [4.69, 9.17) is 39.5 Å². The third-order valence-corrected chi connectivity index (χ3v) is 7.39. The Hall–Kier alpha value is -2.54. The number of halogens is 3. The topological polar surface area (TPSA) is 88.3 Å². The Morgan fingerprint density at radius 2 is 1.76 bits per heavy atom. The molecule has 0 radical (unpaired) electrons. The summed E-state index contributed by atoms with van der Waals surface area (Å²) in [5.74, 6) is 0.162. The number of benzene rings is 2. The Morgan fingerprint density at radius 3 is 2.48 bits per heavy atom. The first-order chi connectivity index (χ1) is 15.7. The van der Waals surface area contributed by atoms with Crippen LogP contribution in [0.2, 0.25) is 15.1 Å². The molecule has 2 bridgehead atoms. The molecule has 1 amide bonds. The van der Waals surface area contributed by atoms with Crippen molar-refractivity contribution in [2.24, 2.45) is 5.41 Å². The largest absolute Gasteiger partial charge is 0.486 e. The average Bonchev–Trinajstić information content (AvgIpc) is 2.72. The Labute approximate surface area is 204 Å². The van der Waals surface area contributed by atoms with Crippen LogP contribution >= 0.6 is 34.8 Å². The fourth-order valence-corrected chi connectivity index (χ4v) is 5.63. The number of pyridine rings is 1. The summed E-state index contributed by atoms with van der Waals surface area (Å²) >= 11 is 17.8. The van der Waals surface area contributed by atoms with Crippen molar-refractivity contribution >= 4 is 57.4 Å². The summed E-state index contributed by atoms with van der Waals surface area (Å²) < 4.78 is 5.53. The molecule has 0 saturated heterocycles. The van der Waals surface area contributed by atoms with Crippen LogP contribution in [-0.4, -0.2) is 28.8 Å². The van der Waals surface area contributed by atoms with Crippen molar-refractivity contribution in [3.63, 3.8) is 0 Å². The fourth-order valence-electron chi connectivity index (χ4n) is 5.17. The number of hydrogen-bond acceptors (Lipinski definition) is 4. The molecule has 3 aromatic rings. The SMILES string of the molecule is O=C(COc1ccc(Cl)c(Cl)c1)CC12CC(NC(=O)c3cc(=O)c4cc(Cl)ccc4[nH]3)(C1)C2. The molecule has 3 aliphatic rings. The molecule has 0 unspecified atom stereocenters. The molecule has 33 heavy (non-hydrogen) atoms. The minimum Gasteiger partial charge on any atom is -0.486 e. The number of rotatable bonds is 7. The summed E-state index contributed by atoms with van der Waals surface area (Å²) in [6.07, 6.45) is 2.60. The summed E-state index contributed by atoms with van der Waals surface area (Å²) in [6, 6.07) is 11.1. The van der Waals surface area contributed by atoms with Gasteiger partial charge >= 0.3 is 0 Å². The first-order valence-corrected chi connectivity index (χ1v) is 11.5. The molecular weight excluding hydrogens is 487 g/mol. The van der Waals surface area contributed by atoms with E-state index in [1.807, 2.05) is 0 Å². The molecule has 3 fully saturated rings. The van der Waals surface area contributed by atoms with Crippen molar-refractivity contribution in [1.82, 2.24) is 10.3 Å². The third-order valence-electron chi connectivity index (χ3n) is 6.42. The van der Waals surface area contributed by atoms with Crippen LogP contribution in [0.25, 0.3) is 10.9 Å². The van der Waals surface area contributed by atoms with E-state index in [9.17, 15) is 14.4 Å². The van der Waals surface area contributed by atoms with Crippen LogP contribution in [-0.2, 0) is 4.79 Å². The van der Waals surface area contributed by atoms with Crippen LogP contribution in [0.5, 0.6) is 5.75 Å². The van der Waals surface area contributed by atoms with E-state index >= 15 is 0 Å². The van der Waals surface area contributed by atoms with Gasteiger partial charge in [0.15, 0.2) is 11.2 Å². The second kappa shape index (κ2) is 8.05. The predicted octanol–water partition coefficient (Wildman–Crippen LogP) is 5.18. The summed E-state index contributed by atoms with van der Waals surface area (Å²) in [7, 11) is 0. The third kappa shape index (κ3) is 4.23. The van der Waals surface area contributed by atoms with E-state index in [1.54, 1.807) is 36.4 Å². The minimum atomic E-state index is -0.327. The molecule has 0 aliphatic heterocycles. The first-order valence-electron chi connectivity index (χ1n) is 10.4. The number of hydrogen-bond donors (Lipinski definition) is 2. The zero-order valence-corrected chi connectivity index (χ0v) is 19.6. The van der Waals surface area contributed by atoms with Crippen molar-refractivity contribution in [1.29, 1.82) is 0 Å². The van der Waals surface area contributed by atoms with Crippen LogP contribution in [0.4, 0.5) is 0 Å². The summed E-state index contributed by atoms with van der Waals surface area (Å²) in [5.41, 5.74) is 0.101. The van der Waals surface area contributed by atoms with E-state index < -0.39 is 0 Å². The Kier molecular flexibility index (Phi) is 5.43. The number of aromatic amines is 1. The normalized spacial score (nSPS) is 22.9. The van der Waals surface area contributed by atoms with E-state index in [2.05, 4.69) is 10.3 Å². The van der Waals surface area contributed by atoms with Gasteiger partial charge in [-0.25, -0.2) is 0 Å². The summed E-state index contributed by atoms with van der Waals surface area (Å²) in [6.45, 7) is -0.0403. The van der Waals surface area contributed by atoms with Gasteiger partial charge in [0.1, 0.15) is 18.1 Å². The van der Waals surface area contributed by atoms with Crippen molar-refractivity contribution in [3.8, 4) is 5.75 Å². The van der Waals surface area contributed by atoms with Gasteiger partial charge in [0.05, 0.1) is 10.0 Å². The molecule has 6 rings (SSSR count). The van der Waals surface area contributed by atoms with Crippen LogP contribution < -0.4 is 15.5 Å². The van der Waals surface area contributed by atoms with E-state index in [-0.39, 0.29) is 40.4 Å². The lowest BCUT2D eigenvalue weighted by Gasteiger charge is -2.70. The fraction of sp³-hybridized carbons (Fsp3) is 0.292. The van der Waals surface area contributed by atoms with Gasteiger partial charge in [0, 0.05) is 40.0 Å².